The second kappa shape index (κ2) is 7.80. The minimum absolute atomic E-state index is 0.0725. The smallest absolute Gasteiger partial charge is 0.220 e. The molecule has 2 unspecified atom stereocenters. The Kier molecular flexibility index (Phi) is 6.06. The van der Waals surface area contributed by atoms with E-state index in [0.29, 0.717) is 25.3 Å². The molecule has 1 aliphatic carbocycles. The molecular formula is C16H22BrNO3. The van der Waals surface area contributed by atoms with Crippen molar-refractivity contribution < 1.29 is 14.6 Å². The van der Waals surface area contributed by atoms with Crippen LogP contribution in [-0.4, -0.2) is 30.8 Å². The zero-order valence-electron chi connectivity index (χ0n) is 12.3. The lowest BCUT2D eigenvalue weighted by Crippen LogP contribution is -2.28. The van der Waals surface area contributed by atoms with Gasteiger partial charge in [-0.15, -0.1) is 0 Å². The van der Waals surface area contributed by atoms with Crippen LogP contribution in [0.15, 0.2) is 22.7 Å². The number of ether oxygens (including phenoxy) is 1. The first-order valence-corrected chi connectivity index (χ1v) is 8.15. The van der Waals surface area contributed by atoms with Crippen molar-refractivity contribution in [3.8, 4) is 5.75 Å². The third-order valence-electron chi connectivity index (χ3n) is 3.96. The highest BCUT2D eigenvalue weighted by molar-refractivity contribution is 9.10. The number of methoxy groups -OCH3 is 1. The number of carbonyl (C=O) groups is 1. The molecule has 1 amide bonds. The van der Waals surface area contributed by atoms with Crippen LogP contribution in [0.4, 0.5) is 0 Å². The third-order valence-corrected chi connectivity index (χ3v) is 4.58. The predicted octanol–water partition coefficient (Wildman–Crippen LogP) is 2.67. The molecule has 116 valence electrons. The molecule has 1 saturated carbocycles. The van der Waals surface area contributed by atoms with Crippen molar-refractivity contribution in [2.75, 3.05) is 13.7 Å². The maximum absolute atomic E-state index is 11.9. The fraction of sp³-hybridized carbons (Fsp3) is 0.562. The Balaban J connectivity index is 1.72. The van der Waals surface area contributed by atoms with Crippen molar-refractivity contribution in [2.45, 2.75) is 38.2 Å². The van der Waals surface area contributed by atoms with Gasteiger partial charge in [-0.25, -0.2) is 0 Å². The lowest BCUT2D eigenvalue weighted by atomic mass is 10.1. The second-order valence-electron chi connectivity index (χ2n) is 5.61. The second-order valence-corrected chi connectivity index (χ2v) is 6.46. The molecule has 0 aromatic heterocycles. The summed E-state index contributed by atoms with van der Waals surface area (Å²) >= 11 is 3.45. The predicted molar refractivity (Wildman–Crippen MR) is 85.4 cm³/mol. The highest BCUT2D eigenvalue weighted by atomic mass is 79.9. The van der Waals surface area contributed by atoms with E-state index in [1.165, 1.54) is 0 Å². The first-order valence-electron chi connectivity index (χ1n) is 7.35. The number of rotatable bonds is 6. The number of aliphatic hydroxyl groups is 1. The largest absolute Gasteiger partial charge is 0.496 e. The van der Waals surface area contributed by atoms with Crippen LogP contribution in [0.3, 0.4) is 0 Å². The van der Waals surface area contributed by atoms with Crippen molar-refractivity contribution in [1.82, 2.24) is 5.32 Å². The molecule has 0 radical (unpaired) electrons. The summed E-state index contributed by atoms with van der Waals surface area (Å²) in [5.74, 6) is 1.30. The number of benzene rings is 1. The van der Waals surface area contributed by atoms with E-state index >= 15 is 0 Å². The highest BCUT2D eigenvalue weighted by Gasteiger charge is 2.22. The van der Waals surface area contributed by atoms with Gasteiger partial charge in [0.2, 0.25) is 5.91 Å². The van der Waals surface area contributed by atoms with Crippen LogP contribution in [0.2, 0.25) is 0 Å². The van der Waals surface area contributed by atoms with Gasteiger partial charge in [0.25, 0.3) is 0 Å². The van der Waals surface area contributed by atoms with E-state index in [0.717, 1.165) is 35.0 Å². The maximum atomic E-state index is 11.9. The lowest BCUT2D eigenvalue weighted by molar-refractivity contribution is -0.121. The van der Waals surface area contributed by atoms with E-state index in [4.69, 9.17) is 4.74 Å². The zero-order chi connectivity index (χ0) is 15.2. The summed E-state index contributed by atoms with van der Waals surface area (Å²) in [4.78, 5) is 11.9. The van der Waals surface area contributed by atoms with Crippen LogP contribution in [0.5, 0.6) is 5.75 Å². The number of carbonyl (C=O) groups excluding carboxylic acids is 1. The van der Waals surface area contributed by atoms with E-state index in [1.807, 2.05) is 18.2 Å². The Morgan fingerprint density at radius 1 is 1.48 bits per heavy atom. The van der Waals surface area contributed by atoms with E-state index < -0.39 is 0 Å². The number of amides is 1. The molecule has 21 heavy (non-hydrogen) atoms. The van der Waals surface area contributed by atoms with Crippen molar-refractivity contribution in [1.29, 1.82) is 0 Å². The molecule has 0 aliphatic heterocycles. The van der Waals surface area contributed by atoms with Crippen molar-refractivity contribution in [3.63, 3.8) is 0 Å². The molecule has 0 saturated heterocycles. The van der Waals surface area contributed by atoms with Gasteiger partial charge < -0.3 is 15.2 Å². The van der Waals surface area contributed by atoms with Gasteiger partial charge in [0, 0.05) is 13.0 Å². The number of aliphatic hydroxyl groups excluding tert-OH is 1. The molecule has 2 rings (SSSR count). The Morgan fingerprint density at radius 3 is 2.90 bits per heavy atom. The number of aryl methyl sites for hydroxylation is 1. The first-order chi connectivity index (χ1) is 10.1. The molecule has 2 atom stereocenters. The van der Waals surface area contributed by atoms with E-state index in [9.17, 15) is 9.90 Å². The fourth-order valence-corrected chi connectivity index (χ4v) is 3.29. The molecule has 4 nitrogen and oxygen atoms in total. The van der Waals surface area contributed by atoms with E-state index in [-0.39, 0.29) is 12.0 Å². The summed E-state index contributed by atoms with van der Waals surface area (Å²) < 4.78 is 6.09. The van der Waals surface area contributed by atoms with Crippen LogP contribution < -0.4 is 10.1 Å². The van der Waals surface area contributed by atoms with Crippen molar-refractivity contribution in [3.05, 3.63) is 28.2 Å². The Bertz CT molecular complexity index is 492. The van der Waals surface area contributed by atoms with Crippen molar-refractivity contribution >= 4 is 21.8 Å². The van der Waals surface area contributed by atoms with Gasteiger partial charge >= 0.3 is 0 Å². The average molecular weight is 356 g/mol. The van der Waals surface area contributed by atoms with Gasteiger partial charge in [-0.05, 0) is 65.2 Å². The molecule has 1 aromatic rings. The van der Waals surface area contributed by atoms with Gasteiger partial charge in [0.05, 0.1) is 17.7 Å². The minimum atomic E-state index is -0.177. The molecule has 0 spiro atoms. The summed E-state index contributed by atoms with van der Waals surface area (Å²) in [6, 6.07) is 5.86. The summed E-state index contributed by atoms with van der Waals surface area (Å²) in [5, 5.41) is 12.4. The van der Waals surface area contributed by atoms with Gasteiger partial charge in [0.15, 0.2) is 0 Å². The van der Waals surface area contributed by atoms with Crippen LogP contribution in [0.25, 0.3) is 0 Å². The summed E-state index contributed by atoms with van der Waals surface area (Å²) in [5.41, 5.74) is 1.11. The van der Waals surface area contributed by atoms with E-state index in [2.05, 4.69) is 21.2 Å². The molecule has 0 heterocycles. The third kappa shape index (κ3) is 5.00. The molecule has 5 heteroatoms. The summed E-state index contributed by atoms with van der Waals surface area (Å²) in [6.07, 6.45) is 3.69. The lowest BCUT2D eigenvalue weighted by Gasteiger charge is -2.11. The molecule has 1 aromatic carbocycles. The molecule has 1 aliphatic rings. The number of halogens is 1. The van der Waals surface area contributed by atoms with E-state index in [1.54, 1.807) is 7.11 Å². The van der Waals surface area contributed by atoms with Crippen LogP contribution in [0, 0.1) is 5.92 Å². The summed E-state index contributed by atoms with van der Waals surface area (Å²) in [6.45, 7) is 0.683. The van der Waals surface area contributed by atoms with Crippen molar-refractivity contribution in [2.24, 2.45) is 5.92 Å². The Labute approximate surface area is 134 Å². The Hall–Kier alpha value is -1.07. The minimum Gasteiger partial charge on any atom is -0.496 e. The Morgan fingerprint density at radius 2 is 2.29 bits per heavy atom. The molecule has 0 bridgehead atoms. The average Bonchev–Trinajstić information content (AvgIpc) is 2.89. The SMILES string of the molecule is COc1ccc(CCC(=O)NCC2CCC(O)C2)cc1Br. The first kappa shape index (κ1) is 16.3. The normalized spacial score (nSPS) is 21.3. The number of hydrogen-bond donors (Lipinski definition) is 2. The van der Waals surface area contributed by atoms with Crippen LogP contribution in [0.1, 0.15) is 31.2 Å². The summed E-state index contributed by atoms with van der Waals surface area (Å²) in [7, 11) is 1.63. The molecule has 1 fully saturated rings. The highest BCUT2D eigenvalue weighted by Crippen LogP contribution is 2.26. The standard InChI is InChI=1S/C16H22BrNO3/c1-21-15-6-3-11(9-14(15)17)4-7-16(20)18-10-12-2-5-13(19)8-12/h3,6,9,12-13,19H,2,4-5,7-8,10H2,1H3,(H,18,20). The quantitative estimate of drug-likeness (QED) is 0.824. The molecular weight excluding hydrogens is 334 g/mol. The monoisotopic (exact) mass is 355 g/mol. The molecule has 2 N–H and O–H groups in total. The fourth-order valence-electron chi connectivity index (χ4n) is 2.70. The number of hydrogen-bond acceptors (Lipinski definition) is 3. The number of nitrogens with one attached hydrogen (secondary N) is 1. The van der Waals surface area contributed by atoms with Gasteiger partial charge in [-0.3, -0.25) is 4.79 Å². The van der Waals surface area contributed by atoms with Gasteiger partial charge in [-0.1, -0.05) is 6.07 Å². The van der Waals surface area contributed by atoms with Gasteiger partial charge in [0.1, 0.15) is 5.75 Å². The zero-order valence-corrected chi connectivity index (χ0v) is 13.9. The van der Waals surface area contributed by atoms with Gasteiger partial charge in [-0.2, -0.15) is 0 Å². The van der Waals surface area contributed by atoms with Crippen LogP contribution >= 0.6 is 15.9 Å². The van der Waals surface area contributed by atoms with Crippen LogP contribution in [-0.2, 0) is 11.2 Å². The topological polar surface area (TPSA) is 58.6 Å². The maximum Gasteiger partial charge on any atom is 0.220 e.